The maximum atomic E-state index is 12.7. The lowest BCUT2D eigenvalue weighted by molar-refractivity contribution is 0.107. The summed E-state index contributed by atoms with van der Waals surface area (Å²) in [5.41, 5.74) is -0.798. The molecule has 1 heterocycles. The predicted molar refractivity (Wildman–Crippen MR) is 52.5 cm³/mol. The van der Waals surface area contributed by atoms with E-state index in [1.54, 1.807) is 0 Å². The molecule has 0 N–H and O–H groups in total. The molecular formula is C9H8ClF2NO3. The number of pyridine rings is 1. The van der Waals surface area contributed by atoms with Crippen LogP contribution < -0.4 is 9.47 Å². The molecule has 0 bridgehead atoms. The van der Waals surface area contributed by atoms with Crippen LogP contribution in [0.2, 0.25) is 0 Å². The van der Waals surface area contributed by atoms with E-state index in [0.717, 1.165) is 6.07 Å². The fraction of sp³-hybridized carbons (Fsp3) is 0.333. The molecule has 0 unspecified atom stereocenters. The van der Waals surface area contributed by atoms with Crippen molar-refractivity contribution < 1.29 is 23.0 Å². The Labute approximate surface area is 95.1 Å². The molecule has 1 aromatic rings. The van der Waals surface area contributed by atoms with Gasteiger partial charge in [0.15, 0.2) is 5.75 Å². The highest BCUT2D eigenvalue weighted by molar-refractivity contribution is 6.67. The van der Waals surface area contributed by atoms with Gasteiger partial charge in [0, 0.05) is 0 Å². The lowest BCUT2D eigenvalue weighted by atomic mass is 10.2. The van der Waals surface area contributed by atoms with Crippen molar-refractivity contribution in [3.8, 4) is 11.6 Å². The Morgan fingerprint density at radius 1 is 1.44 bits per heavy atom. The zero-order valence-corrected chi connectivity index (χ0v) is 9.22. The maximum Gasteiger partial charge on any atom is 0.270 e. The maximum absolute atomic E-state index is 12.7. The van der Waals surface area contributed by atoms with Gasteiger partial charge < -0.3 is 9.47 Å². The molecule has 0 amide bonds. The van der Waals surface area contributed by atoms with Crippen LogP contribution in [0.5, 0.6) is 11.6 Å². The molecule has 0 saturated heterocycles. The summed E-state index contributed by atoms with van der Waals surface area (Å²) in [5.74, 6) is -0.413. The zero-order valence-electron chi connectivity index (χ0n) is 8.46. The summed E-state index contributed by atoms with van der Waals surface area (Å²) in [6.07, 6.45) is -2.82. The van der Waals surface area contributed by atoms with Crippen LogP contribution in [-0.2, 0) is 0 Å². The van der Waals surface area contributed by atoms with Crippen LogP contribution in [0.1, 0.15) is 22.5 Å². The van der Waals surface area contributed by atoms with Crippen LogP contribution in [0, 0.1) is 0 Å². The average Bonchev–Trinajstić information content (AvgIpc) is 2.26. The summed E-state index contributed by atoms with van der Waals surface area (Å²) in [7, 11) is 2.43. The van der Waals surface area contributed by atoms with E-state index in [1.165, 1.54) is 14.2 Å². The number of halogens is 3. The Balaban J connectivity index is 3.43. The van der Waals surface area contributed by atoms with E-state index in [9.17, 15) is 13.6 Å². The minimum absolute atomic E-state index is 0.204. The molecule has 88 valence electrons. The SMILES string of the molecule is COc1nc(C(=O)Cl)cc(C(F)F)c1OC. The van der Waals surface area contributed by atoms with E-state index in [2.05, 4.69) is 4.98 Å². The quantitative estimate of drug-likeness (QED) is 0.771. The van der Waals surface area contributed by atoms with Crippen molar-refractivity contribution in [2.45, 2.75) is 6.43 Å². The fourth-order valence-corrected chi connectivity index (χ4v) is 1.23. The smallest absolute Gasteiger partial charge is 0.270 e. The zero-order chi connectivity index (χ0) is 12.3. The van der Waals surface area contributed by atoms with Gasteiger partial charge in [-0.15, -0.1) is 0 Å². The van der Waals surface area contributed by atoms with Gasteiger partial charge in [-0.3, -0.25) is 4.79 Å². The largest absolute Gasteiger partial charge is 0.491 e. The van der Waals surface area contributed by atoms with Gasteiger partial charge in [0.2, 0.25) is 0 Å². The molecule has 0 spiro atoms. The van der Waals surface area contributed by atoms with Gasteiger partial charge in [0.1, 0.15) is 5.69 Å². The van der Waals surface area contributed by atoms with Gasteiger partial charge in [-0.2, -0.15) is 0 Å². The normalized spacial score (nSPS) is 10.4. The highest BCUT2D eigenvalue weighted by atomic mass is 35.5. The van der Waals surface area contributed by atoms with Crippen LogP contribution in [0.15, 0.2) is 6.07 Å². The number of ether oxygens (including phenoxy) is 2. The van der Waals surface area contributed by atoms with Crippen molar-refractivity contribution in [2.75, 3.05) is 14.2 Å². The van der Waals surface area contributed by atoms with E-state index >= 15 is 0 Å². The lowest BCUT2D eigenvalue weighted by Gasteiger charge is -2.12. The van der Waals surface area contributed by atoms with Crippen LogP contribution in [0.4, 0.5) is 8.78 Å². The van der Waals surface area contributed by atoms with Crippen LogP contribution >= 0.6 is 11.6 Å². The van der Waals surface area contributed by atoms with E-state index in [4.69, 9.17) is 21.1 Å². The molecule has 7 heteroatoms. The van der Waals surface area contributed by atoms with Gasteiger partial charge in [-0.05, 0) is 17.7 Å². The second kappa shape index (κ2) is 5.07. The molecule has 0 radical (unpaired) electrons. The monoisotopic (exact) mass is 251 g/mol. The molecule has 0 aliphatic heterocycles. The number of nitrogens with zero attached hydrogens (tertiary/aromatic N) is 1. The van der Waals surface area contributed by atoms with Crippen LogP contribution in [0.25, 0.3) is 0 Å². The Morgan fingerprint density at radius 3 is 2.44 bits per heavy atom. The molecule has 16 heavy (non-hydrogen) atoms. The van der Waals surface area contributed by atoms with Crippen LogP contribution in [-0.4, -0.2) is 24.4 Å². The summed E-state index contributed by atoms with van der Waals surface area (Å²) in [6, 6.07) is 0.876. The predicted octanol–water partition coefficient (Wildman–Crippen LogP) is 2.42. The van der Waals surface area contributed by atoms with Crippen LogP contribution in [0.3, 0.4) is 0 Å². The first-order chi connectivity index (χ1) is 7.51. The Hall–Kier alpha value is -1.43. The summed E-state index contributed by atoms with van der Waals surface area (Å²) in [5, 5.41) is -0.942. The van der Waals surface area contributed by atoms with Crippen molar-refractivity contribution in [1.29, 1.82) is 0 Å². The number of carbonyl (C=O) groups excluding carboxylic acids is 1. The van der Waals surface area contributed by atoms with Crippen molar-refractivity contribution in [1.82, 2.24) is 4.98 Å². The van der Waals surface area contributed by atoms with Gasteiger partial charge in [0.05, 0.1) is 19.8 Å². The first-order valence-corrected chi connectivity index (χ1v) is 4.50. The van der Waals surface area contributed by atoms with E-state index < -0.39 is 17.2 Å². The number of hydrogen-bond donors (Lipinski definition) is 0. The van der Waals surface area contributed by atoms with Gasteiger partial charge >= 0.3 is 0 Å². The Morgan fingerprint density at radius 2 is 2.06 bits per heavy atom. The molecule has 0 aliphatic rings. The number of aromatic nitrogens is 1. The Bertz CT molecular complexity index is 412. The summed E-state index contributed by atoms with van der Waals surface area (Å²) in [6.45, 7) is 0. The standard InChI is InChI=1S/C9H8ClF2NO3/c1-15-6-4(8(11)12)3-5(7(10)14)13-9(6)16-2/h3,8H,1-2H3. The number of alkyl halides is 2. The molecule has 1 aromatic heterocycles. The number of methoxy groups -OCH3 is 2. The van der Waals surface area contributed by atoms with E-state index in [1.807, 2.05) is 0 Å². The molecule has 0 saturated carbocycles. The fourth-order valence-electron chi connectivity index (χ4n) is 1.14. The second-order valence-electron chi connectivity index (χ2n) is 2.71. The number of hydrogen-bond acceptors (Lipinski definition) is 4. The topological polar surface area (TPSA) is 48.4 Å². The molecular weight excluding hydrogens is 244 g/mol. The van der Waals surface area contributed by atoms with Crippen molar-refractivity contribution in [3.05, 3.63) is 17.3 Å². The third-order valence-corrected chi connectivity index (χ3v) is 2.00. The third-order valence-electron chi connectivity index (χ3n) is 1.80. The van der Waals surface area contributed by atoms with Gasteiger partial charge in [-0.25, -0.2) is 13.8 Å². The minimum atomic E-state index is -2.82. The van der Waals surface area contributed by atoms with Crippen molar-refractivity contribution in [2.24, 2.45) is 0 Å². The minimum Gasteiger partial charge on any atom is -0.491 e. The third kappa shape index (κ3) is 2.38. The molecule has 0 aliphatic carbocycles. The highest BCUT2D eigenvalue weighted by Gasteiger charge is 2.22. The molecule has 0 aromatic carbocycles. The number of carbonyl (C=O) groups is 1. The van der Waals surface area contributed by atoms with Crippen molar-refractivity contribution in [3.63, 3.8) is 0 Å². The average molecular weight is 252 g/mol. The molecule has 4 nitrogen and oxygen atoms in total. The van der Waals surface area contributed by atoms with E-state index in [-0.39, 0.29) is 17.3 Å². The summed E-state index contributed by atoms with van der Waals surface area (Å²) < 4.78 is 34.8. The van der Waals surface area contributed by atoms with Gasteiger partial charge in [-0.1, -0.05) is 0 Å². The summed E-state index contributed by atoms with van der Waals surface area (Å²) >= 11 is 5.16. The number of rotatable bonds is 4. The highest BCUT2D eigenvalue weighted by Crippen LogP contribution is 2.36. The first kappa shape index (κ1) is 12.6. The first-order valence-electron chi connectivity index (χ1n) is 4.12. The van der Waals surface area contributed by atoms with Gasteiger partial charge in [0.25, 0.3) is 17.5 Å². The molecule has 1 rings (SSSR count). The van der Waals surface area contributed by atoms with Crippen molar-refractivity contribution >= 4 is 16.8 Å². The molecule has 0 atom stereocenters. The second-order valence-corrected chi connectivity index (χ2v) is 3.06. The van der Waals surface area contributed by atoms with E-state index in [0.29, 0.717) is 0 Å². The summed E-state index contributed by atoms with van der Waals surface area (Å²) in [4.78, 5) is 14.5. The Kier molecular flexibility index (Phi) is 4.00. The lowest BCUT2D eigenvalue weighted by Crippen LogP contribution is -2.04. The molecule has 0 fully saturated rings.